The molecule has 0 heterocycles. The number of hydrogen-bond acceptors (Lipinski definition) is 3. The van der Waals surface area contributed by atoms with Gasteiger partial charge in [0.25, 0.3) is 5.91 Å². The van der Waals surface area contributed by atoms with Gasteiger partial charge >= 0.3 is 5.97 Å². The van der Waals surface area contributed by atoms with Gasteiger partial charge in [-0.1, -0.05) is 17.7 Å². The normalized spacial score (nSPS) is 11.8. The lowest BCUT2D eigenvalue weighted by molar-refractivity contribution is -0.144. The summed E-state index contributed by atoms with van der Waals surface area (Å²) in [5.41, 5.74) is 5.61. The van der Waals surface area contributed by atoms with E-state index in [4.69, 9.17) is 27.2 Å². The molecule has 120 valence electrons. The minimum Gasteiger partial charge on any atom is -0.479 e. The van der Waals surface area contributed by atoms with E-state index in [0.717, 1.165) is 6.07 Å². The third-order valence-corrected chi connectivity index (χ3v) is 3.37. The zero-order chi connectivity index (χ0) is 17.1. The van der Waals surface area contributed by atoms with Crippen LogP contribution in [0.15, 0.2) is 36.4 Å². The minimum atomic E-state index is -1.14. The molecular formula is C16H13ClFNO4. The van der Waals surface area contributed by atoms with Crippen LogP contribution >= 0.6 is 11.6 Å². The van der Waals surface area contributed by atoms with Crippen molar-refractivity contribution in [1.82, 2.24) is 0 Å². The van der Waals surface area contributed by atoms with Crippen LogP contribution < -0.4 is 10.5 Å². The van der Waals surface area contributed by atoms with E-state index in [1.54, 1.807) is 0 Å². The van der Waals surface area contributed by atoms with Gasteiger partial charge in [-0.05, 0) is 42.8 Å². The Morgan fingerprint density at radius 3 is 2.52 bits per heavy atom. The molecule has 0 fully saturated rings. The topological polar surface area (TPSA) is 89.6 Å². The summed E-state index contributed by atoms with van der Waals surface area (Å²) in [6.45, 7) is 1.37. The van der Waals surface area contributed by atoms with Crippen LogP contribution in [0.5, 0.6) is 5.75 Å². The van der Waals surface area contributed by atoms with Crippen LogP contribution in [0.25, 0.3) is 11.1 Å². The predicted octanol–water partition coefficient (Wildman–Crippen LogP) is 3.10. The standard InChI is InChI=1S/C16H13ClFNO4/c1-8(16(21)22)23-14-5-3-10(17)7-12(14)9-2-4-11(15(19)20)13(18)6-9/h2-8H,1H3,(H2,19,20)(H,21,22)/t8-/m0/s1. The predicted molar refractivity (Wildman–Crippen MR) is 83.1 cm³/mol. The van der Waals surface area contributed by atoms with Crippen molar-refractivity contribution in [1.29, 1.82) is 0 Å². The molecule has 0 spiro atoms. The lowest BCUT2D eigenvalue weighted by Crippen LogP contribution is -2.23. The fourth-order valence-corrected chi connectivity index (χ4v) is 2.13. The number of carboxylic acids is 1. The van der Waals surface area contributed by atoms with E-state index in [9.17, 15) is 14.0 Å². The van der Waals surface area contributed by atoms with Gasteiger partial charge in [-0.25, -0.2) is 9.18 Å². The molecule has 0 bridgehead atoms. The van der Waals surface area contributed by atoms with Gasteiger partial charge in [0.2, 0.25) is 0 Å². The van der Waals surface area contributed by atoms with Gasteiger partial charge in [0.1, 0.15) is 11.6 Å². The number of hydrogen-bond donors (Lipinski definition) is 2. The van der Waals surface area contributed by atoms with Crippen LogP contribution in [0.2, 0.25) is 5.02 Å². The molecule has 0 saturated carbocycles. The van der Waals surface area contributed by atoms with Gasteiger partial charge in [-0.15, -0.1) is 0 Å². The Morgan fingerprint density at radius 1 is 1.26 bits per heavy atom. The van der Waals surface area contributed by atoms with E-state index in [1.807, 2.05) is 0 Å². The number of carboxylic acid groups (broad SMARTS) is 1. The second kappa shape index (κ2) is 6.66. The van der Waals surface area contributed by atoms with Crippen LogP contribution in [0, 0.1) is 5.82 Å². The van der Waals surface area contributed by atoms with Crippen molar-refractivity contribution in [3.63, 3.8) is 0 Å². The van der Waals surface area contributed by atoms with Crippen LogP contribution in [0.4, 0.5) is 4.39 Å². The van der Waals surface area contributed by atoms with Gasteiger partial charge in [0, 0.05) is 10.6 Å². The second-order valence-corrected chi connectivity index (χ2v) is 5.23. The van der Waals surface area contributed by atoms with Crippen molar-refractivity contribution in [3.05, 3.63) is 52.8 Å². The van der Waals surface area contributed by atoms with Crippen molar-refractivity contribution >= 4 is 23.5 Å². The van der Waals surface area contributed by atoms with Gasteiger partial charge in [-0.3, -0.25) is 4.79 Å². The first-order valence-electron chi connectivity index (χ1n) is 6.58. The molecule has 1 atom stereocenters. The van der Waals surface area contributed by atoms with Gasteiger partial charge in [0.05, 0.1) is 5.56 Å². The summed E-state index contributed by atoms with van der Waals surface area (Å²) in [5, 5.41) is 9.31. The maximum absolute atomic E-state index is 13.9. The van der Waals surface area contributed by atoms with E-state index in [0.29, 0.717) is 16.1 Å². The first-order valence-corrected chi connectivity index (χ1v) is 6.96. The van der Waals surface area contributed by atoms with Crippen molar-refractivity contribution < 1.29 is 23.8 Å². The zero-order valence-corrected chi connectivity index (χ0v) is 12.8. The molecule has 0 aliphatic carbocycles. The molecule has 1 amide bonds. The summed E-state index contributed by atoms with van der Waals surface area (Å²) in [5.74, 6) is -2.57. The highest BCUT2D eigenvalue weighted by molar-refractivity contribution is 6.31. The number of benzene rings is 2. The summed E-state index contributed by atoms with van der Waals surface area (Å²) < 4.78 is 19.3. The molecule has 2 aromatic rings. The summed E-state index contributed by atoms with van der Waals surface area (Å²) in [4.78, 5) is 22.0. The fraction of sp³-hybridized carbons (Fsp3) is 0.125. The maximum Gasteiger partial charge on any atom is 0.344 e. The smallest absolute Gasteiger partial charge is 0.344 e. The largest absolute Gasteiger partial charge is 0.479 e. The van der Waals surface area contributed by atoms with E-state index in [1.165, 1.54) is 37.3 Å². The third-order valence-electron chi connectivity index (χ3n) is 3.14. The molecule has 3 N–H and O–H groups in total. The molecule has 0 aliphatic rings. The first-order chi connectivity index (χ1) is 10.8. The molecule has 0 unspecified atom stereocenters. The summed E-state index contributed by atoms with van der Waals surface area (Å²) in [6.07, 6.45) is -1.09. The summed E-state index contributed by atoms with van der Waals surface area (Å²) in [6, 6.07) is 8.39. The van der Waals surface area contributed by atoms with Crippen molar-refractivity contribution in [3.8, 4) is 16.9 Å². The van der Waals surface area contributed by atoms with Gasteiger partial charge < -0.3 is 15.6 Å². The average Bonchev–Trinajstić information content (AvgIpc) is 2.48. The van der Waals surface area contributed by atoms with Crippen molar-refractivity contribution in [2.75, 3.05) is 0 Å². The Morgan fingerprint density at radius 2 is 1.96 bits per heavy atom. The fourth-order valence-electron chi connectivity index (χ4n) is 1.95. The number of carbonyl (C=O) groups is 2. The summed E-state index contributed by atoms with van der Waals surface area (Å²) >= 11 is 5.95. The maximum atomic E-state index is 13.9. The Hall–Kier alpha value is -2.60. The number of halogens is 2. The van der Waals surface area contributed by atoms with Crippen LogP contribution in [-0.2, 0) is 4.79 Å². The van der Waals surface area contributed by atoms with Crippen LogP contribution in [0.1, 0.15) is 17.3 Å². The van der Waals surface area contributed by atoms with E-state index in [2.05, 4.69) is 0 Å². The molecule has 0 aliphatic heterocycles. The zero-order valence-electron chi connectivity index (χ0n) is 12.0. The SMILES string of the molecule is C[C@H](Oc1ccc(Cl)cc1-c1ccc(C(N)=O)c(F)c1)C(=O)O. The number of aliphatic carboxylic acids is 1. The lowest BCUT2D eigenvalue weighted by atomic mass is 10.0. The van der Waals surface area contributed by atoms with Crippen molar-refractivity contribution in [2.24, 2.45) is 5.73 Å². The van der Waals surface area contributed by atoms with Crippen LogP contribution in [-0.4, -0.2) is 23.1 Å². The Labute approximate surface area is 136 Å². The molecule has 0 radical (unpaired) electrons. The second-order valence-electron chi connectivity index (χ2n) is 4.80. The minimum absolute atomic E-state index is 0.232. The Bertz CT molecular complexity index is 779. The molecule has 0 saturated heterocycles. The number of ether oxygens (including phenoxy) is 1. The van der Waals surface area contributed by atoms with Crippen LogP contribution in [0.3, 0.4) is 0 Å². The quantitative estimate of drug-likeness (QED) is 0.877. The van der Waals surface area contributed by atoms with Crippen molar-refractivity contribution in [2.45, 2.75) is 13.0 Å². The molecule has 0 aromatic heterocycles. The first kappa shape index (κ1) is 16.8. The summed E-state index contributed by atoms with van der Waals surface area (Å²) in [7, 11) is 0. The van der Waals surface area contributed by atoms with E-state index >= 15 is 0 Å². The molecule has 23 heavy (non-hydrogen) atoms. The molecule has 5 nitrogen and oxygen atoms in total. The molecular weight excluding hydrogens is 325 g/mol. The van der Waals surface area contributed by atoms with E-state index < -0.39 is 23.8 Å². The van der Waals surface area contributed by atoms with E-state index in [-0.39, 0.29) is 11.3 Å². The number of carbonyl (C=O) groups excluding carboxylic acids is 1. The molecule has 2 rings (SSSR count). The number of primary amides is 1. The number of amides is 1. The highest BCUT2D eigenvalue weighted by Gasteiger charge is 2.17. The molecule has 2 aromatic carbocycles. The third kappa shape index (κ3) is 3.78. The lowest BCUT2D eigenvalue weighted by Gasteiger charge is -2.15. The highest BCUT2D eigenvalue weighted by Crippen LogP contribution is 2.34. The monoisotopic (exact) mass is 337 g/mol. The van der Waals surface area contributed by atoms with Gasteiger partial charge in [0.15, 0.2) is 6.10 Å². The highest BCUT2D eigenvalue weighted by atomic mass is 35.5. The molecule has 7 heteroatoms. The van der Waals surface area contributed by atoms with Gasteiger partial charge in [-0.2, -0.15) is 0 Å². The number of rotatable bonds is 5. The average molecular weight is 338 g/mol. The Balaban J connectivity index is 2.50. The Kier molecular flexibility index (Phi) is 4.86. The number of nitrogens with two attached hydrogens (primary N) is 1.